The van der Waals surface area contributed by atoms with Gasteiger partial charge < -0.3 is 15.1 Å². The molecule has 6 nitrogen and oxygen atoms in total. The molecule has 0 bridgehead atoms. The van der Waals surface area contributed by atoms with E-state index >= 15 is 0 Å². The first-order valence-corrected chi connectivity index (χ1v) is 12.4. The summed E-state index contributed by atoms with van der Waals surface area (Å²) >= 11 is 0. The minimum atomic E-state index is -0.0525. The summed E-state index contributed by atoms with van der Waals surface area (Å²) in [6, 6.07) is 26.8. The number of hydrogen-bond donors (Lipinski definition) is 1. The third kappa shape index (κ3) is 5.27. The van der Waals surface area contributed by atoms with E-state index in [1.807, 2.05) is 41.3 Å². The summed E-state index contributed by atoms with van der Waals surface area (Å²) in [4.78, 5) is 16.8. The lowest BCUT2D eigenvalue weighted by Gasteiger charge is -2.35. The number of aromatic nitrogens is 2. The van der Waals surface area contributed by atoms with Crippen molar-refractivity contribution in [2.75, 3.05) is 36.4 Å². The summed E-state index contributed by atoms with van der Waals surface area (Å²) in [6.07, 6.45) is 3.45. The fourth-order valence-electron chi connectivity index (χ4n) is 4.56. The maximum absolute atomic E-state index is 12.7. The Balaban J connectivity index is 1.18. The molecule has 5 rings (SSSR count). The van der Waals surface area contributed by atoms with Crippen molar-refractivity contribution in [3.63, 3.8) is 0 Å². The lowest BCUT2D eigenvalue weighted by molar-refractivity contribution is 0.208. The van der Waals surface area contributed by atoms with Gasteiger partial charge in [0.15, 0.2) is 5.82 Å². The molecule has 0 atom stereocenters. The number of fused-ring (bicyclic) bond motifs is 1. The molecule has 2 amide bonds. The molecular formula is C29H31N5O. The van der Waals surface area contributed by atoms with Crippen LogP contribution in [0.5, 0.6) is 0 Å². The normalized spacial score (nSPS) is 13.7. The highest BCUT2D eigenvalue weighted by Gasteiger charge is 2.22. The van der Waals surface area contributed by atoms with Crippen LogP contribution in [-0.2, 0) is 6.42 Å². The predicted octanol–water partition coefficient (Wildman–Crippen LogP) is 5.99. The van der Waals surface area contributed by atoms with Crippen molar-refractivity contribution >= 4 is 28.3 Å². The van der Waals surface area contributed by atoms with Crippen LogP contribution in [0.25, 0.3) is 22.0 Å². The molecule has 1 aromatic heterocycles. The van der Waals surface area contributed by atoms with Gasteiger partial charge in [-0.15, -0.1) is 10.2 Å². The number of urea groups is 1. The molecule has 0 radical (unpaired) electrons. The molecule has 1 aliphatic rings. The van der Waals surface area contributed by atoms with Gasteiger partial charge >= 0.3 is 6.03 Å². The van der Waals surface area contributed by atoms with Crippen molar-refractivity contribution < 1.29 is 4.79 Å². The van der Waals surface area contributed by atoms with E-state index in [2.05, 4.69) is 69.8 Å². The summed E-state index contributed by atoms with van der Waals surface area (Å²) < 4.78 is 0. The van der Waals surface area contributed by atoms with Gasteiger partial charge in [-0.05, 0) is 53.4 Å². The number of nitrogens with zero attached hydrogens (tertiary/aromatic N) is 4. The first-order chi connectivity index (χ1) is 17.2. The third-order valence-electron chi connectivity index (χ3n) is 6.63. The summed E-state index contributed by atoms with van der Waals surface area (Å²) in [6.45, 7) is 4.94. The number of carbonyl (C=O) groups is 1. The van der Waals surface area contributed by atoms with Gasteiger partial charge in [-0.1, -0.05) is 67.9 Å². The van der Waals surface area contributed by atoms with Crippen LogP contribution >= 0.6 is 0 Å². The zero-order valence-electron chi connectivity index (χ0n) is 20.2. The Hall–Kier alpha value is -3.93. The van der Waals surface area contributed by atoms with Crippen molar-refractivity contribution in [2.24, 2.45) is 0 Å². The second-order valence-corrected chi connectivity index (χ2v) is 9.01. The van der Waals surface area contributed by atoms with E-state index in [-0.39, 0.29) is 6.03 Å². The topological polar surface area (TPSA) is 61.4 Å². The fourth-order valence-corrected chi connectivity index (χ4v) is 4.56. The largest absolute Gasteiger partial charge is 0.352 e. The highest BCUT2D eigenvalue weighted by molar-refractivity contribution is 5.95. The summed E-state index contributed by atoms with van der Waals surface area (Å²) in [5.74, 6) is 0.844. The van der Waals surface area contributed by atoms with E-state index in [4.69, 9.17) is 0 Å². The Kier molecular flexibility index (Phi) is 6.89. The number of anilines is 2. The van der Waals surface area contributed by atoms with Crippen LogP contribution in [0, 0.1) is 0 Å². The smallest absolute Gasteiger partial charge is 0.321 e. The molecule has 0 spiro atoms. The average molecular weight is 466 g/mol. The number of nitrogens with one attached hydrogen (secondary N) is 1. The van der Waals surface area contributed by atoms with E-state index in [0.717, 1.165) is 42.3 Å². The summed E-state index contributed by atoms with van der Waals surface area (Å²) in [7, 11) is 0. The number of benzene rings is 3. The van der Waals surface area contributed by atoms with Crippen molar-refractivity contribution in [1.82, 2.24) is 15.1 Å². The van der Waals surface area contributed by atoms with E-state index in [0.29, 0.717) is 13.1 Å². The molecule has 3 aromatic carbocycles. The van der Waals surface area contributed by atoms with Crippen molar-refractivity contribution in [1.29, 1.82) is 0 Å². The number of amides is 2. The van der Waals surface area contributed by atoms with Crippen molar-refractivity contribution in [3.8, 4) is 11.3 Å². The van der Waals surface area contributed by atoms with Gasteiger partial charge in [-0.2, -0.15) is 0 Å². The monoisotopic (exact) mass is 465 g/mol. The molecule has 4 aromatic rings. The maximum Gasteiger partial charge on any atom is 0.321 e. The fraction of sp³-hybridized carbons (Fsp3) is 0.276. The first kappa shape index (κ1) is 22.8. The highest BCUT2D eigenvalue weighted by atomic mass is 16.2. The number of carbonyl (C=O) groups excluding carboxylic acids is 1. The number of unbranched alkanes of at least 4 members (excludes halogenated alkanes) is 1. The number of aryl methyl sites for hydroxylation is 1. The van der Waals surface area contributed by atoms with E-state index in [1.165, 1.54) is 29.2 Å². The Morgan fingerprint density at radius 1 is 0.857 bits per heavy atom. The highest BCUT2D eigenvalue weighted by Crippen LogP contribution is 2.27. The summed E-state index contributed by atoms with van der Waals surface area (Å²) in [5, 5.41) is 14.4. The standard InChI is InChI=1S/C29H31N5O/c1-2-3-7-22-12-14-24(15-13-22)30-29(35)34-20-18-33(19-21-34)28-17-16-27(31-32-28)26-11-6-9-23-8-4-5-10-25(23)26/h4-6,8-17H,2-3,7,18-21H2,1H3,(H,30,35). The molecule has 1 aliphatic heterocycles. The SMILES string of the molecule is CCCCc1ccc(NC(=O)N2CCN(c3ccc(-c4cccc5ccccc45)nn3)CC2)cc1. The van der Waals surface area contributed by atoms with Crippen LogP contribution in [0.1, 0.15) is 25.3 Å². The molecule has 6 heteroatoms. The first-order valence-electron chi connectivity index (χ1n) is 12.4. The lowest BCUT2D eigenvalue weighted by Crippen LogP contribution is -2.50. The van der Waals surface area contributed by atoms with Crippen LogP contribution < -0.4 is 10.2 Å². The van der Waals surface area contributed by atoms with E-state index in [9.17, 15) is 4.79 Å². The van der Waals surface area contributed by atoms with E-state index < -0.39 is 0 Å². The summed E-state index contributed by atoms with van der Waals surface area (Å²) in [5.41, 5.74) is 4.10. The van der Waals surface area contributed by atoms with Gasteiger partial charge in [0.05, 0.1) is 5.69 Å². The molecule has 0 aliphatic carbocycles. The molecule has 0 saturated carbocycles. The molecule has 35 heavy (non-hydrogen) atoms. The second-order valence-electron chi connectivity index (χ2n) is 9.01. The molecule has 1 fully saturated rings. The molecule has 178 valence electrons. The molecule has 1 saturated heterocycles. The van der Waals surface area contributed by atoms with Crippen LogP contribution in [0.4, 0.5) is 16.3 Å². The number of piperazine rings is 1. The Morgan fingerprint density at radius 3 is 2.37 bits per heavy atom. The molecular weight excluding hydrogens is 434 g/mol. The van der Waals surface area contributed by atoms with Crippen molar-refractivity contribution in [2.45, 2.75) is 26.2 Å². The van der Waals surface area contributed by atoms with E-state index in [1.54, 1.807) is 0 Å². The van der Waals surface area contributed by atoms with Crippen LogP contribution in [0.3, 0.4) is 0 Å². The third-order valence-corrected chi connectivity index (χ3v) is 6.63. The predicted molar refractivity (Wildman–Crippen MR) is 143 cm³/mol. The van der Waals surface area contributed by atoms with Gasteiger partial charge in [0.25, 0.3) is 0 Å². The zero-order valence-corrected chi connectivity index (χ0v) is 20.2. The Bertz CT molecular complexity index is 1270. The second kappa shape index (κ2) is 10.6. The maximum atomic E-state index is 12.7. The lowest BCUT2D eigenvalue weighted by atomic mass is 10.0. The quantitative estimate of drug-likeness (QED) is 0.380. The molecule has 1 N–H and O–H groups in total. The van der Waals surface area contributed by atoms with Gasteiger partial charge in [0.1, 0.15) is 0 Å². The minimum absolute atomic E-state index is 0.0525. The number of rotatable bonds is 6. The minimum Gasteiger partial charge on any atom is -0.352 e. The molecule has 0 unspecified atom stereocenters. The van der Waals surface area contributed by atoms with Crippen LogP contribution in [-0.4, -0.2) is 47.3 Å². The van der Waals surface area contributed by atoms with Crippen LogP contribution in [0.15, 0.2) is 78.9 Å². The Morgan fingerprint density at radius 2 is 1.63 bits per heavy atom. The van der Waals surface area contributed by atoms with Gasteiger partial charge in [-0.3, -0.25) is 0 Å². The molecule has 2 heterocycles. The van der Waals surface area contributed by atoms with Crippen LogP contribution in [0.2, 0.25) is 0 Å². The Labute approximate surface area is 206 Å². The van der Waals surface area contributed by atoms with Crippen molar-refractivity contribution in [3.05, 3.63) is 84.4 Å². The van der Waals surface area contributed by atoms with Gasteiger partial charge in [0.2, 0.25) is 0 Å². The van der Waals surface area contributed by atoms with Gasteiger partial charge in [0, 0.05) is 37.4 Å². The van der Waals surface area contributed by atoms with Gasteiger partial charge in [-0.25, -0.2) is 4.79 Å². The number of hydrogen-bond acceptors (Lipinski definition) is 4. The average Bonchev–Trinajstić information content (AvgIpc) is 2.92. The zero-order chi connectivity index (χ0) is 24.0.